The number of benzene rings is 2. The molecule has 0 saturated carbocycles. The average Bonchev–Trinajstić information content (AvgIpc) is 3.15. The lowest BCUT2D eigenvalue weighted by Crippen LogP contribution is -2.36. The predicted molar refractivity (Wildman–Crippen MR) is 120 cm³/mol. The van der Waals surface area contributed by atoms with E-state index in [1.54, 1.807) is 31.5 Å². The van der Waals surface area contributed by atoms with Gasteiger partial charge in [-0.25, -0.2) is 4.85 Å². The van der Waals surface area contributed by atoms with Crippen LogP contribution in [0.2, 0.25) is 0 Å². The highest BCUT2D eigenvalue weighted by Gasteiger charge is 2.25. The lowest BCUT2D eigenvalue weighted by molar-refractivity contribution is -0.667. The van der Waals surface area contributed by atoms with Gasteiger partial charge in [0.05, 0.1) is 13.5 Å². The molecule has 29 heavy (non-hydrogen) atoms. The molecular weight excluding hydrogens is 356 g/mol. The fourth-order valence-corrected chi connectivity index (χ4v) is 3.83. The number of rotatable bonds is 2. The Morgan fingerprint density at radius 3 is 2.55 bits per heavy atom. The van der Waals surface area contributed by atoms with Gasteiger partial charge in [-0.05, 0) is 43.3 Å². The van der Waals surface area contributed by atoms with Crippen LogP contribution in [0.4, 0.5) is 5.69 Å². The van der Waals surface area contributed by atoms with Crippen molar-refractivity contribution in [3.05, 3.63) is 69.7 Å². The van der Waals surface area contributed by atoms with E-state index < -0.39 is 19.6 Å². The normalized spacial score (nSPS) is 18.5. The number of aromatic nitrogens is 1. The Labute approximate surface area is 183 Å². The molecule has 1 atom stereocenters. The molecule has 2 aromatic heterocycles. The summed E-state index contributed by atoms with van der Waals surface area (Å²) in [4.78, 5) is 3.55. The number of nitrogens with zero attached hydrogens (tertiary/aromatic N) is 2. The van der Waals surface area contributed by atoms with Crippen LogP contribution in [0.15, 0.2) is 34.7 Å². The molecule has 1 unspecified atom stereocenters. The minimum absolute atomic E-state index is 0.239. The van der Waals surface area contributed by atoms with Crippen molar-refractivity contribution >= 4 is 27.6 Å². The van der Waals surface area contributed by atoms with E-state index in [2.05, 4.69) is 4.85 Å². The second-order valence-electron chi connectivity index (χ2n) is 7.43. The number of pyridine rings is 1. The van der Waals surface area contributed by atoms with Crippen LogP contribution in [0.25, 0.3) is 38.0 Å². The molecule has 0 aliphatic rings. The minimum atomic E-state index is -2.89. The maximum Gasteiger partial charge on any atom is 0.216 e. The molecular formula is C26H27N2O+. The quantitative estimate of drug-likeness (QED) is 0.267. The van der Waals surface area contributed by atoms with Gasteiger partial charge in [0, 0.05) is 38.9 Å². The summed E-state index contributed by atoms with van der Waals surface area (Å²) in [5.41, 5.74) is 3.19. The fraction of sp³-hybridized carbons (Fsp3) is 0.308. The maximum absolute atomic E-state index is 9.17. The van der Waals surface area contributed by atoms with Crippen molar-refractivity contribution in [2.45, 2.75) is 47.3 Å². The molecule has 0 aliphatic carbocycles. The summed E-state index contributed by atoms with van der Waals surface area (Å²) < 4.78 is 74.3. The third-order valence-electron chi connectivity index (χ3n) is 5.66. The summed E-state index contributed by atoms with van der Waals surface area (Å²) in [6.45, 7) is 8.13. The number of hydrogen-bond donors (Lipinski definition) is 0. The Balaban J connectivity index is 2.25. The summed E-state index contributed by atoms with van der Waals surface area (Å²) in [5.74, 6) is -2.36. The molecule has 0 amide bonds. The molecule has 3 nitrogen and oxygen atoms in total. The highest BCUT2D eigenvalue weighted by molar-refractivity contribution is 6.11. The van der Waals surface area contributed by atoms with Gasteiger partial charge in [0.15, 0.2) is 11.4 Å². The third-order valence-corrected chi connectivity index (χ3v) is 5.66. The molecule has 0 aliphatic heterocycles. The van der Waals surface area contributed by atoms with Gasteiger partial charge in [0.25, 0.3) is 0 Å². The summed E-state index contributed by atoms with van der Waals surface area (Å²) >= 11 is 0. The Morgan fingerprint density at radius 2 is 1.86 bits per heavy atom. The first-order valence-corrected chi connectivity index (χ1v) is 9.32. The van der Waals surface area contributed by atoms with Gasteiger partial charge in [-0.1, -0.05) is 38.0 Å². The smallest absolute Gasteiger partial charge is 0.216 e. The molecule has 0 N–H and O–H groups in total. The van der Waals surface area contributed by atoms with Crippen LogP contribution >= 0.6 is 0 Å². The molecule has 0 radical (unpaired) electrons. The van der Waals surface area contributed by atoms with Gasteiger partial charge < -0.3 is 4.42 Å². The summed E-state index contributed by atoms with van der Waals surface area (Å²) in [6, 6.07) is 6.95. The van der Waals surface area contributed by atoms with Crippen molar-refractivity contribution < 1.29 is 20.0 Å². The van der Waals surface area contributed by atoms with Crippen molar-refractivity contribution in [2.75, 3.05) is 0 Å². The zero-order valence-electron chi connectivity index (χ0n) is 25.1. The zero-order valence-corrected chi connectivity index (χ0v) is 17.1. The second-order valence-corrected chi connectivity index (χ2v) is 7.43. The zero-order chi connectivity index (χ0) is 27.8. The highest BCUT2D eigenvalue weighted by Crippen LogP contribution is 2.40. The first kappa shape index (κ1) is 11.8. The molecule has 3 heteroatoms. The van der Waals surface area contributed by atoms with E-state index in [1.165, 1.54) is 0 Å². The molecule has 0 saturated heterocycles. The van der Waals surface area contributed by atoms with Crippen molar-refractivity contribution in [2.24, 2.45) is 7.05 Å². The standard InChI is InChI=1S/C26H27N2O/c1-14(2)21-13-23(28(8)18(6)16(21)4)24-15(3)9-10-20-19-11-12-22(27-7)17(5)25(19)29-26(20)24/h9-14H,1-6,8H3/q+1/i1D3,4D3,13D,14D. The van der Waals surface area contributed by atoms with E-state index in [0.717, 1.165) is 23.3 Å². The molecule has 0 fully saturated rings. The monoisotopic (exact) mass is 391 g/mol. The molecule has 4 rings (SSSR count). The summed E-state index contributed by atoms with van der Waals surface area (Å²) in [5, 5.41) is 1.54. The number of fused-ring (bicyclic) bond motifs is 3. The van der Waals surface area contributed by atoms with E-state index in [-0.39, 0.29) is 28.6 Å². The molecule has 2 heterocycles. The maximum atomic E-state index is 9.17. The van der Waals surface area contributed by atoms with Crippen LogP contribution in [0.3, 0.4) is 0 Å². The Morgan fingerprint density at radius 1 is 1.14 bits per heavy atom. The minimum Gasteiger partial charge on any atom is -0.456 e. The van der Waals surface area contributed by atoms with Crippen LogP contribution in [0.1, 0.15) is 58.6 Å². The van der Waals surface area contributed by atoms with Crippen LogP contribution in [0.5, 0.6) is 0 Å². The van der Waals surface area contributed by atoms with Crippen LogP contribution in [-0.4, -0.2) is 0 Å². The molecule has 4 aromatic rings. The number of aryl methyl sites for hydroxylation is 2. The molecule has 0 bridgehead atoms. The van der Waals surface area contributed by atoms with Crippen molar-refractivity contribution in [3.8, 4) is 11.3 Å². The summed E-state index contributed by atoms with van der Waals surface area (Å²) in [6.07, 6.45) is 0. The number of hydrogen-bond acceptors (Lipinski definition) is 1. The highest BCUT2D eigenvalue weighted by atomic mass is 16.3. The van der Waals surface area contributed by atoms with Gasteiger partial charge in [0.2, 0.25) is 5.69 Å². The lowest BCUT2D eigenvalue weighted by atomic mass is 9.93. The Kier molecular flexibility index (Phi) is 2.74. The topological polar surface area (TPSA) is 21.4 Å². The number of furan rings is 1. The van der Waals surface area contributed by atoms with E-state index in [0.29, 0.717) is 28.0 Å². The first-order chi connectivity index (χ1) is 16.9. The van der Waals surface area contributed by atoms with Crippen LogP contribution < -0.4 is 4.57 Å². The largest absolute Gasteiger partial charge is 0.456 e. The van der Waals surface area contributed by atoms with E-state index >= 15 is 0 Å². The van der Waals surface area contributed by atoms with Gasteiger partial charge in [-0.2, -0.15) is 4.57 Å². The van der Waals surface area contributed by atoms with Crippen LogP contribution in [-0.2, 0) is 7.05 Å². The van der Waals surface area contributed by atoms with E-state index in [9.17, 15) is 0 Å². The fourth-order valence-electron chi connectivity index (χ4n) is 3.83. The van der Waals surface area contributed by atoms with E-state index in [1.807, 2.05) is 25.1 Å². The van der Waals surface area contributed by atoms with Gasteiger partial charge in [-0.3, -0.25) is 0 Å². The lowest BCUT2D eigenvalue weighted by Gasteiger charge is -2.14. The molecule has 2 aromatic carbocycles. The SMILES string of the molecule is [2H]c1c(C([2H])(C)C([2H])([2H])[2H])c(C([2H])([2H])[2H])c(C)[n+](C)c1-c1c(C)ccc2c1oc1c(C)c([N+]#[C-])ccc12. The Hall–Kier alpha value is -3.12. The van der Waals surface area contributed by atoms with Gasteiger partial charge in [0.1, 0.15) is 18.2 Å². The van der Waals surface area contributed by atoms with Gasteiger partial charge in [-0.15, -0.1) is 0 Å². The molecule has 0 spiro atoms. The van der Waals surface area contributed by atoms with Crippen molar-refractivity contribution in [3.63, 3.8) is 0 Å². The van der Waals surface area contributed by atoms with Crippen LogP contribution in [0, 0.1) is 34.2 Å². The van der Waals surface area contributed by atoms with Crippen molar-refractivity contribution in [1.29, 1.82) is 0 Å². The second kappa shape index (κ2) is 6.74. The Bertz CT molecular complexity index is 1640. The third kappa shape index (κ3) is 2.75. The average molecular weight is 392 g/mol. The van der Waals surface area contributed by atoms with Crippen molar-refractivity contribution in [1.82, 2.24) is 0 Å². The first-order valence-electron chi connectivity index (χ1n) is 13.3. The molecule has 146 valence electrons. The van der Waals surface area contributed by atoms with E-state index in [4.69, 9.17) is 22.0 Å². The van der Waals surface area contributed by atoms with Gasteiger partial charge >= 0.3 is 0 Å². The summed E-state index contributed by atoms with van der Waals surface area (Å²) in [7, 11) is 1.63. The predicted octanol–water partition coefficient (Wildman–Crippen LogP) is 6.99.